The number of hydrogen-bond acceptors (Lipinski definition) is 1. The zero-order valence-corrected chi connectivity index (χ0v) is 17.8. The first-order valence-electron chi connectivity index (χ1n) is 10.7. The second-order valence-corrected chi connectivity index (χ2v) is 7.94. The molecule has 0 amide bonds. The molecular weight excluding hydrogens is 397 g/mol. The predicted octanol–water partition coefficient (Wildman–Crippen LogP) is 7.61. The Labute approximate surface area is 181 Å². The topological polar surface area (TPSA) is 9.23 Å². The van der Waals surface area contributed by atoms with E-state index in [4.69, 9.17) is 4.74 Å². The predicted molar refractivity (Wildman–Crippen MR) is 120 cm³/mol. The van der Waals surface area contributed by atoms with E-state index >= 15 is 0 Å². The van der Waals surface area contributed by atoms with E-state index in [1.807, 2.05) is 6.08 Å². The number of aryl methyl sites for hydroxylation is 2. The van der Waals surface area contributed by atoms with Crippen LogP contribution in [0.25, 0.3) is 22.8 Å². The van der Waals surface area contributed by atoms with Gasteiger partial charge in [0.1, 0.15) is 5.82 Å². The molecule has 3 aromatic carbocycles. The van der Waals surface area contributed by atoms with Crippen molar-refractivity contribution in [3.8, 4) is 16.9 Å². The van der Waals surface area contributed by atoms with Crippen LogP contribution in [-0.2, 0) is 12.8 Å². The molecule has 0 saturated carbocycles. The van der Waals surface area contributed by atoms with Crippen molar-refractivity contribution in [3.63, 3.8) is 0 Å². The second-order valence-electron chi connectivity index (χ2n) is 7.94. The van der Waals surface area contributed by atoms with Crippen LogP contribution in [0.2, 0.25) is 0 Å². The van der Waals surface area contributed by atoms with Crippen molar-refractivity contribution in [2.24, 2.45) is 0 Å². The molecule has 0 aliphatic heterocycles. The highest BCUT2D eigenvalue weighted by atomic mass is 19.2. The van der Waals surface area contributed by atoms with Gasteiger partial charge < -0.3 is 4.74 Å². The summed E-state index contributed by atoms with van der Waals surface area (Å²) in [5.74, 6) is -2.99. The molecule has 4 heteroatoms. The van der Waals surface area contributed by atoms with Gasteiger partial charge in [0.05, 0.1) is 7.11 Å². The number of halogens is 3. The van der Waals surface area contributed by atoms with Crippen molar-refractivity contribution in [2.75, 3.05) is 7.11 Å². The molecule has 4 rings (SSSR count). The molecule has 1 aliphatic rings. The van der Waals surface area contributed by atoms with Gasteiger partial charge >= 0.3 is 0 Å². The number of methoxy groups -OCH3 is 1. The number of ether oxygens (including phenoxy) is 1. The third kappa shape index (κ3) is 4.25. The highest BCUT2D eigenvalue weighted by Crippen LogP contribution is 2.37. The molecule has 0 unspecified atom stereocenters. The van der Waals surface area contributed by atoms with Gasteiger partial charge in [0.2, 0.25) is 5.82 Å². The van der Waals surface area contributed by atoms with Gasteiger partial charge in [-0.1, -0.05) is 43.7 Å². The molecule has 0 atom stereocenters. The molecule has 0 saturated heterocycles. The average molecular weight is 422 g/mol. The molecular formula is C27H25F3O. The van der Waals surface area contributed by atoms with Crippen LogP contribution in [0.5, 0.6) is 5.75 Å². The number of unbranched alkanes of at least 4 members (excludes halogenated alkanes) is 1. The Morgan fingerprint density at radius 3 is 2.35 bits per heavy atom. The summed E-state index contributed by atoms with van der Waals surface area (Å²) in [5, 5.41) is 0. The van der Waals surface area contributed by atoms with Gasteiger partial charge in [-0.15, -0.1) is 0 Å². The SMILES string of the molecule is CCCCc1ccc(C2=Cc3cc(F)c(-c4ccc(OC)c(F)c4F)cc3CC2)cc1. The maximum absolute atomic E-state index is 14.9. The fourth-order valence-electron chi connectivity index (χ4n) is 4.11. The Kier molecular flexibility index (Phi) is 6.17. The first-order chi connectivity index (χ1) is 15.0. The van der Waals surface area contributed by atoms with E-state index in [0.717, 1.165) is 35.1 Å². The van der Waals surface area contributed by atoms with Crippen LogP contribution in [0.15, 0.2) is 48.5 Å². The third-order valence-electron chi connectivity index (χ3n) is 5.92. The van der Waals surface area contributed by atoms with Crippen molar-refractivity contribution in [2.45, 2.75) is 39.0 Å². The molecule has 0 aromatic heterocycles. The summed E-state index contributed by atoms with van der Waals surface area (Å²) in [5.41, 5.74) is 5.29. The lowest BCUT2D eigenvalue weighted by molar-refractivity contribution is 0.372. The molecule has 0 heterocycles. The van der Waals surface area contributed by atoms with Crippen LogP contribution in [0.4, 0.5) is 13.2 Å². The van der Waals surface area contributed by atoms with E-state index in [0.29, 0.717) is 6.42 Å². The van der Waals surface area contributed by atoms with Gasteiger partial charge in [-0.05, 0) is 77.8 Å². The lowest BCUT2D eigenvalue weighted by Gasteiger charge is -2.19. The van der Waals surface area contributed by atoms with Crippen LogP contribution >= 0.6 is 0 Å². The maximum Gasteiger partial charge on any atom is 0.201 e. The quantitative estimate of drug-likeness (QED) is 0.397. The van der Waals surface area contributed by atoms with Crippen molar-refractivity contribution in [3.05, 3.63) is 88.2 Å². The molecule has 160 valence electrons. The van der Waals surface area contributed by atoms with E-state index in [1.54, 1.807) is 6.07 Å². The smallest absolute Gasteiger partial charge is 0.201 e. The van der Waals surface area contributed by atoms with Crippen molar-refractivity contribution >= 4 is 11.6 Å². The zero-order chi connectivity index (χ0) is 22.0. The molecule has 1 nitrogen and oxygen atoms in total. The van der Waals surface area contributed by atoms with E-state index in [2.05, 4.69) is 31.2 Å². The fraction of sp³-hybridized carbons (Fsp3) is 0.259. The standard InChI is InChI=1S/C27H25F3O/c1-3-4-5-17-6-8-18(9-7-17)19-10-11-20-15-23(24(28)16-21(20)14-19)22-12-13-25(31-2)27(30)26(22)29/h6-9,12-16H,3-5,10-11H2,1-2H3. The lowest BCUT2D eigenvalue weighted by Crippen LogP contribution is -2.03. The number of rotatable bonds is 6. The van der Waals surface area contributed by atoms with Gasteiger partial charge in [0.25, 0.3) is 0 Å². The maximum atomic E-state index is 14.9. The van der Waals surface area contributed by atoms with E-state index < -0.39 is 17.5 Å². The number of allylic oxidation sites excluding steroid dienone is 1. The van der Waals surface area contributed by atoms with E-state index in [-0.39, 0.29) is 16.9 Å². The Balaban J connectivity index is 1.66. The molecule has 0 bridgehead atoms. The largest absolute Gasteiger partial charge is 0.494 e. The molecule has 0 radical (unpaired) electrons. The summed E-state index contributed by atoms with van der Waals surface area (Å²) in [7, 11) is 1.26. The number of fused-ring (bicyclic) bond motifs is 1. The molecule has 0 N–H and O–H groups in total. The summed E-state index contributed by atoms with van der Waals surface area (Å²) in [6.45, 7) is 2.18. The fourth-order valence-corrected chi connectivity index (χ4v) is 4.11. The van der Waals surface area contributed by atoms with Crippen LogP contribution < -0.4 is 4.74 Å². The Bertz CT molecular complexity index is 1130. The van der Waals surface area contributed by atoms with Gasteiger partial charge in [-0.25, -0.2) is 8.78 Å². The summed E-state index contributed by atoms with van der Waals surface area (Å²) >= 11 is 0. The molecule has 31 heavy (non-hydrogen) atoms. The number of hydrogen-bond donors (Lipinski definition) is 0. The minimum absolute atomic E-state index is 0.0648. The minimum Gasteiger partial charge on any atom is -0.494 e. The van der Waals surface area contributed by atoms with E-state index in [9.17, 15) is 13.2 Å². The minimum atomic E-state index is -1.11. The van der Waals surface area contributed by atoms with Gasteiger partial charge in [0, 0.05) is 11.1 Å². The molecule has 1 aliphatic carbocycles. The van der Waals surface area contributed by atoms with Gasteiger partial charge in [0.15, 0.2) is 11.6 Å². The summed E-state index contributed by atoms with van der Waals surface area (Å²) in [6, 6.07) is 14.3. The molecule has 3 aromatic rings. The van der Waals surface area contributed by atoms with Crippen molar-refractivity contribution < 1.29 is 17.9 Å². The van der Waals surface area contributed by atoms with Crippen LogP contribution in [0, 0.1) is 17.5 Å². The molecule has 0 fully saturated rings. The summed E-state index contributed by atoms with van der Waals surface area (Å²) in [4.78, 5) is 0. The van der Waals surface area contributed by atoms with Crippen LogP contribution in [0.3, 0.4) is 0 Å². The zero-order valence-electron chi connectivity index (χ0n) is 17.8. The second kappa shape index (κ2) is 9.01. The lowest BCUT2D eigenvalue weighted by atomic mass is 9.86. The van der Waals surface area contributed by atoms with Crippen LogP contribution in [0.1, 0.15) is 48.4 Å². The Hall–Kier alpha value is -3.01. The number of benzene rings is 3. The highest BCUT2D eigenvalue weighted by Gasteiger charge is 2.21. The van der Waals surface area contributed by atoms with Crippen LogP contribution in [-0.4, -0.2) is 7.11 Å². The third-order valence-corrected chi connectivity index (χ3v) is 5.92. The first-order valence-corrected chi connectivity index (χ1v) is 10.7. The summed E-state index contributed by atoms with van der Waals surface area (Å²) in [6.07, 6.45) is 6.95. The Morgan fingerprint density at radius 1 is 0.871 bits per heavy atom. The van der Waals surface area contributed by atoms with Gasteiger partial charge in [-0.3, -0.25) is 0 Å². The van der Waals surface area contributed by atoms with Crippen molar-refractivity contribution in [1.82, 2.24) is 0 Å². The summed E-state index contributed by atoms with van der Waals surface area (Å²) < 4.78 is 48.3. The van der Waals surface area contributed by atoms with Gasteiger partial charge in [-0.2, -0.15) is 4.39 Å². The first kappa shape index (κ1) is 21.2. The average Bonchev–Trinajstić information content (AvgIpc) is 2.79. The molecule has 0 spiro atoms. The monoisotopic (exact) mass is 422 g/mol. The van der Waals surface area contributed by atoms with E-state index in [1.165, 1.54) is 43.7 Å². The highest BCUT2D eigenvalue weighted by molar-refractivity contribution is 5.85. The van der Waals surface area contributed by atoms with Crippen molar-refractivity contribution in [1.29, 1.82) is 0 Å². The normalized spacial score (nSPS) is 13.0. The Morgan fingerprint density at radius 2 is 1.65 bits per heavy atom.